The van der Waals surface area contributed by atoms with Gasteiger partial charge in [0.1, 0.15) is 0 Å². The molecule has 1 aromatic rings. The number of hydrogen-bond donors (Lipinski definition) is 0. The normalized spacial score (nSPS) is 26.1. The zero-order chi connectivity index (χ0) is 13.2. The predicted molar refractivity (Wildman–Crippen MR) is 71.1 cm³/mol. The van der Waals surface area contributed by atoms with Crippen LogP contribution in [0.15, 0.2) is 12.1 Å². The topological polar surface area (TPSA) is 55.3 Å². The molecule has 1 saturated heterocycles. The lowest BCUT2D eigenvalue weighted by Gasteiger charge is -2.32. The molecule has 0 amide bonds. The molecule has 0 N–H and O–H groups in total. The van der Waals surface area contributed by atoms with Crippen LogP contribution in [0.3, 0.4) is 0 Å². The molecule has 3 rings (SSSR count). The van der Waals surface area contributed by atoms with Crippen molar-refractivity contribution in [1.29, 1.82) is 0 Å². The predicted octanol–water partition coefficient (Wildman–Crippen LogP) is 2.03. The van der Waals surface area contributed by atoms with Crippen molar-refractivity contribution in [3.05, 3.63) is 17.8 Å². The molecule has 1 aromatic heterocycles. The molecular formula is C14H19N3O2. The minimum Gasteiger partial charge on any atom is -0.464 e. The van der Waals surface area contributed by atoms with Crippen molar-refractivity contribution in [2.24, 2.45) is 5.92 Å². The lowest BCUT2D eigenvalue weighted by molar-refractivity contribution is 0.0592. The van der Waals surface area contributed by atoms with E-state index in [1.54, 1.807) is 6.07 Å². The van der Waals surface area contributed by atoms with Gasteiger partial charge in [0.2, 0.25) is 0 Å². The molecule has 1 saturated carbocycles. The first-order valence-corrected chi connectivity index (χ1v) is 6.98. The number of esters is 1. The first kappa shape index (κ1) is 12.4. The quantitative estimate of drug-likeness (QED) is 0.762. The average Bonchev–Trinajstić information content (AvgIpc) is 2.90. The van der Waals surface area contributed by atoms with Crippen molar-refractivity contribution in [1.82, 2.24) is 10.2 Å². The highest BCUT2D eigenvalue weighted by molar-refractivity contribution is 5.86. The number of rotatable bonds is 2. The Balaban J connectivity index is 1.77. The third-order valence-corrected chi connectivity index (χ3v) is 4.35. The fourth-order valence-corrected chi connectivity index (χ4v) is 3.38. The third kappa shape index (κ3) is 2.29. The number of hydrogen-bond acceptors (Lipinski definition) is 5. The summed E-state index contributed by atoms with van der Waals surface area (Å²) >= 11 is 0. The molecular weight excluding hydrogens is 242 g/mol. The molecule has 19 heavy (non-hydrogen) atoms. The van der Waals surface area contributed by atoms with Crippen LogP contribution in [0.2, 0.25) is 0 Å². The van der Waals surface area contributed by atoms with Crippen LogP contribution in [0.1, 0.15) is 42.6 Å². The van der Waals surface area contributed by atoms with E-state index in [2.05, 4.69) is 19.8 Å². The minimum absolute atomic E-state index is 0.269. The highest BCUT2D eigenvalue weighted by Crippen LogP contribution is 2.37. The number of methoxy groups -OCH3 is 1. The third-order valence-electron chi connectivity index (χ3n) is 4.35. The van der Waals surface area contributed by atoms with Gasteiger partial charge in [-0.25, -0.2) is 4.79 Å². The van der Waals surface area contributed by atoms with Crippen LogP contribution in [-0.4, -0.2) is 35.9 Å². The zero-order valence-corrected chi connectivity index (χ0v) is 11.2. The van der Waals surface area contributed by atoms with Gasteiger partial charge >= 0.3 is 5.97 Å². The molecule has 1 aliphatic carbocycles. The Morgan fingerprint density at radius 3 is 2.84 bits per heavy atom. The lowest BCUT2D eigenvalue weighted by Crippen LogP contribution is -2.35. The second kappa shape index (κ2) is 5.15. The molecule has 102 valence electrons. The van der Waals surface area contributed by atoms with Gasteiger partial charge in [-0.2, -0.15) is 0 Å². The van der Waals surface area contributed by atoms with Crippen molar-refractivity contribution in [2.75, 3.05) is 18.6 Å². The van der Waals surface area contributed by atoms with Crippen molar-refractivity contribution in [2.45, 2.75) is 38.1 Å². The van der Waals surface area contributed by atoms with Gasteiger partial charge in [0.05, 0.1) is 7.11 Å². The summed E-state index contributed by atoms with van der Waals surface area (Å²) in [5, 5.41) is 8.16. The van der Waals surface area contributed by atoms with E-state index in [9.17, 15) is 4.79 Å². The summed E-state index contributed by atoms with van der Waals surface area (Å²) in [5.74, 6) is 1.27. The molecule has 0 spiro atoms. The molecule has 1 aliphatic heterocycles. The Kier molecular flexibility index (Phi) is 3.36. The van der Waals surface area contributed by atoms with Gasteiger partial charge in [0.25, 0.3) is 0 Å². The van der Waals surface area contributed by atoms with Gasteiger partial charge in [-0.05, 0) is 37.3 Å². The number of carbonyl (C=O) groups is 1. The summed E-state index contributed by atoms with van der Waals surface area (Å²) in [6.07, 6.45) is 6.53. The Bertz CT molecular complexity index is 460. The van der Waals surface area contributed by atoms with E-state index in [1.807, 2.05) is 6.07 Å². The Labute approximate surface area is 113 Å². The first-order chi connectivity index (χ1) is 9.29. The average molecular weight is 261 g/mol. The largest absolute Gasteiger partial charge is 0.464 e. The Hall–Kier alpha value is -1.65. The van der Waals surface area contributed by atoms with Crippen LogP contribution in [0, 0.1) is 5.92 Å². The molecule has 5 heteroatoms. The van der Waals surface area contributed by atoms with Gasteiger partial charge in [-0.15, -0.1) is 10.2 Å². The maximum Gasteiger partial charge on any atom is 0.358 e. The summed E-state index contributed by atoms with van der Waals surface area (Å²) in [6.45, 7) is 1.06. The molecule has 0 radical (unpaired) electrons. The second-order valence-corrected chi connectivity index (χ2v) is 5.36. The number of carbonyl (C=O) groups excluding carboxylic acids is 1. The molecule has 5 nitrogen and oxygen atoms in total. The molecule has 2 fully saturated rings. The van der Waals surface area contributed by atoms with E-state index in [1.165, 1.54) is 39.2 Å². The Morgan fingerprint density at radius 2 is 2.11 bits per heavy atom. The van der Waals surface area contributed by atoms with E-state index in [4.69, 9.17) is 0 Å². The standard InChI is InChI=1S/C14H19N3O2/c1-19-14(18)11-6-7-13(16-15-11)17-9-8-10-4-2-3-5-12(10)17/h6-7,10,12H,2-5,8-9H2,1H3/t10-,12+/m1/s1. The van der Waals surface area contributed by atoms with E-state index >= 15 is 0 Å². The number of nitrogens with zero attached hydrogens (tertiary/aromatic N) is 3. The van der Waals surface area contributed by atoms with Crippen LogP contribution in [0.4, 0.5) is 5.82 Å². The van der Waals surface area contributed by atoms with Gasteiger partial charge in [0.15, 0.2) is 11.5 Å². The molecule has 0 aromatic carbocycles. The lowest BCUT2D eigenvalue weighted by atomic mass is 9.85. The Morgan fingerprint density at radius 1 is 1.26 bits per heavy atom. The molecule has 2 heterocycles. The molecule has 0 bridgehead atoms. The van der Waals surface area contributed by atoms with Crippen LogP contribution in [-0.2, 0) is 4.74 Å². The SMILES string of the molecule is COC(=O)c1ccc(N2CC[C@H]3CCCC[C@@H]32)nn1. The number of fused-ring (bicyclic) bond motifs is 1. The number of ether oxygens (including phenoxy) is 1. The maximum atomic E-state index is 11.3. The fourth-order valence-electron chi connectivity index (χ4n) is 3.38. The summed E-state index contributed by atoms with van der Waals surface area (Å²) in [7, 11) is 1.35. The maximum absolute atomic E-state index is 11.3. The van der Waals surface area contributed by atoms with Crippen LogP contribution < -0.4 is 4.90 Å². The van der Waals surface area contributed by atoms with Gasteiger partial charge < -0.3 is 9.64 Å². The van der Waals surface area contributed by atoms with Crippen LogP contribution >= 0.6 is 0 Å². The fraction of sp³-hybridized carbons (Fsp3) is 0.643. The van der Waals surface area contributed by atoms with Gasteiger partial charge in [-0.1, -0.05) is 12.8 Å². The number of aromatic nitrogens is 2. The summed E-state index contributed by atoms with van der Waals surface area (Å²) in [6, 6.07) is 4.20. The summed E-state index contributed by atoms with van der Waals surface area (Å²) < 4.78 is 4.63. The van der Waals surface area contributed by atoms with Crippen molar-refractivity contribution >= 4 is 11.8 Å². The molecule has 2 atom stereocenters. The summed E-state index contributed by atoms with van der Waals surface area (Å²) in [5.41, 5.74) is 0.269. The van der Waals surface area contributed by atoms with Crippen LogP contribution in [0.25, 0.3) is 0 Å². The van der Waals surface area contributed by atoms with E-state index < -0.39 is 5.97 Å². The molecule has 0 unspecified atom stereocenters. The van der Waals surface area contributed by atoms with Gasteiger partial charge in [-0.3, -0.25) is 0 Å². The van der Waals surface area contributed by atoms with Crippen molar-refractivity contribution < 1.29 is 9.53 Å². The van der Waals surface area contributed by atoms with Crippen molar-refractivity contribution in [3.8, 4) is 0 Å². The zero-order valence-electron chi connectivity index (χ0n) is 11.2. The van der Waals surface area contributed by atoms with E-state index in [0.717, 1.165) is 18.3 Å². The van der Waals surface area contributed by atoms with Crippen molar-refractivity contribution in [3.63, 3.8) is 0 Å². The van der Waals surface area contributed by atoms with Crippen LogP contribution in [0.5, 0.6) is 0 Å². The van der Waals surface area contributed by atoms with E-state index in [0.29, 0.717) is 6.04 Å². The highest BCUT2D eigenvalue weighted by atomic mass is 16.5. The smallest absolute Gasteiger partial charge is 0.358 e. The number of anilines is 1. The summed E-state index contributed by atoms with van der Waals surface area (Å²) in [4.78, 5) is 13.7. The first-order valence-electron chi connectivity index (χ1n) is 6.98. The van der Waals surface area contributed by atoms with E-state index in [-0.39, 0.29) is 5.69 Å². The minimum atomic E-state index is -0.434. The highest BCUT2D eigenvalue weighted by Gasteiger charge is 2.36. The van der Waals surface area contributed by atoms with Gasteiger partial charge in [0, 0.05) is 12.6 Å². The second-order valence-electron chi connectivity index (χ2n) is 5.36. The molecule has 2 aliphatic rings. The monoisotopic (exact) mass is 261 g/mol.